The van der Waals surface area contributed by atoms with Gasteiger partial charge in [0.2, 0.25) is 0 Å². The molecule has 5 nitrogen and oxygen atoms in total. The van der Waals surface area contributed by atoms with Crippen molar-refractivity contribution in [3.05, 3.63) is 28.1 Å². The van der Waals surface area contributed by atoms with Gasteiger partial charge in [0.15, 0.2) is 0 Å². The molecule has 0 radical (unpaired) electrons. The Morgan fingerprint density at radius 3 is 2.62 bits per heavy atom. The molecule has 0 unspecified atom stereocenters. The number of nitrogens with zero attached hydrogens (tertiary/aromatic N) is 2. The number of rotatable bonds is 2. The van der Waals surface area contributed by atoms with Gasteiger partial charge in [0, 0.05) is 11.8 Å². The van der Waals surface area contributed by atoms with Crippen LogP contribution in [0.3, 0.4) is 0 Å². The van der Waals surface area contributed by atoms with Crippen molar-refractivity contribution in [1.82, 2.24) is 4.98 Å². The Labute approximate surface area is 75.7 Å². The Bertz CT molecular complexity index is 336. The first-order chi connectivity index (χ1) is 6.04. The minimum atomic E-state index is -0.520. The first-order valence-corrected chi connectivity index (χ1v) is 3.91. The number of pyridine rings is 1. The zero-order valence-electron chi connectivity index (χ0n) is 7.52. The molecule has 0 amide bonds. The van der Waals surface area contributed by atoms with Crippen molar-refractivity contribution in [1.29, 1.82) is 0 Å². The van der Waals surface area contributed by atoms with Crippen LogP contribution in [0, 0.1) is 10.1 Å². The zero-order valence-corrected chi connectivity index (χ0v) is 7.52. The van der Waals surface area contributed by atoms with Crippen molar-refractivity contribution in [2.75, 3.05) is 5.73 Å². The molecule has 1 aromatic heterocycles. The highest BCUT2D eigenvalue weighted by molar-refractivity contribution is 5.62. The molecule has 1 heterocycles. The Morgan fingerprint density at radius 1 is 1.54 bits per heavy atom. The van der Waals surface area contributed by atoms with E-state index in [2.05, 4.69) is 4.98 Å². The van der Waals surface area contributed by atoms with E-state index in [1.54, 1.807) is 6.20 Å². The third kappa shape index (κ3) is 1.74. The van der Waals surface area contributed by atoms with Crippen molar-refractivity contribution >= 4 is 11.4 Å². The number of nitro groups is 1. The first-order valence-electron chi connectivity index (χ1n) is 3.91. The van der Waals surface area contributed by atoms with Crippen molar-refractivity contribution in [2.45, 2.75) is 19.8 Å². The second-order valence-corrected chi connectivity index (χ2v) is 3.07. The van der Waals surface area contributed by atoms with Crippen LogP contribution in [0.5, 0.6) is 0 Å². The summed E-state index contributed by atoms with van der Waals surface area (Å²) in [6.45, 7) is 3.83. The van der Waals surface area contributed by atoms with Gasteiger partial charge in [-0.1, -0.05) is 13.8 Å². The summed E-state index contributed by atoms with van der Waals surface area (Å²) in [5, 5.41) is 10.5. The molecule has 0 saturated carbocycles. The Morgan fingerprint density at radius 2 is 2.15 bits per heavy atom. The van der Waals surface area contributed by atoms with E-state index in [0.717, 1.165) is 0 Å². The number of nitrogens with two attached hydrogens (primary N) is 1. The van der Waals surface area contributed by atoms with Gasteiger partial charge in [-0.15, -0.1) is 0 Å². The Kier molecular flexibility index (Phi) is 2.46. The van der Waals surface area contributed by atoms with Gasteiger partial charge < -0.3 is 5.73 Å². The van der Waals surface area contributed by atoms with Gasteiger partial charge in [-0.2, -0.15) is 0 Å². The summed E-state index contributed by atoms with van der Waals surface area (Å²) in [5.41, 5.74) is 6.42. The van der Waals surface area contributed by atoms with E-state index < -0.39 is 4.92 Å². The van der Waals surface area contributed by atoms with Crippen molar-refractivity contribution in [2.24, 2.45) is 0 Å². The van der Waals surface area contributed by atoms with Crippen LogP contribution >= 0.6 is 0 Å². The number of nitrogen functional groups attached to an aromatic ring is 1. The maximum absolute atomic E-state index is 10.5. The lowest BCUT2D eigenvalue weighted by atomic mass is 10.0. The largest absolute Gasteiger partial charge is 0.393 e. The predicted molar refractivity (Wildman–Crippen MR) is 49.4 cm³/mol. The highest BCUT2D eigenvalue weighted by Crippen LogP contribution is 2.28. The number of hydrogen-bond donors (Lipinski definition) is 1. The quantitative estimate of drug-likeness (QED) is 0.556. The number of anilines is 1. The lowest BCUT2D eigenvalue weighted by Gasteiger charge is -2.07. The molecular formula is C8H11N3O2. The Hall–Kier alpha value is -1.65. The van der Waals surface area contributed by atoms with Gasteiger partial charge >= 0.3 is 5.69 Å². The maximum atomic E-state index is 10.5. The molecule has 0 aliphatic heterocycles. The van der Waals surface area contributed by atoms with Crippen LogP contribution in [-0.4, -0.2) is 9.91 Å². The van der Waals surface area contributed by atoms with Gasteiger partial charge in [0.25, 0.3) is 0 Å². The summed E-state index contributed by atoms with van der Waals surface area (Å²) in [6, 6.07) is 0. The molecule has 0 aliphatic rings. The van der Waals surface area contributed by atoms with Crippen LogP contribution in [0.4, 0.5) is 11.4 Å². The molecule has 0 bridgehead atoms. The second kappa shape index (κ2) is 3.38. The van der Waals surface area contributed by atoms with Gasteiger partial charge in [0.1, 0.15) is 11.9 Å². The molecule has 1 aromatic rings. The average molecular weight is 181 g/mol. The van der Waals surface area contributed by atoms with Crippen LogP contribution in [0.25, 0.3) is 0 Å². The third-order valence-electron chi connectivity index (χ3n) is 1.82. The van der Waals surface area contributed by atoms with Gasteiger partial charge in [0.05, 0.1) is 4.92 Å². The minimum Gasteiger partial charge on any atom is -0.393 e. The molecule has 13 heavy (non-hydrogen) atoms. The summed E-state index contributed by atoms with van der Waals surface area (Å²) >= 11 is 0. The molecule has 0 aliphatic carbocycles. The van der Waals surface area contributed by atoms with Crippen LogP contribution in [0.1, 0.15) is 25.3 Å². The van der Waals surface area contributed by atoms with Crippen LogP contribution < -0.4 is 5.73 Å². The monoisotopic (exact) mass is 181 g/mol. The minimum absolute atomic E-state index is 0.119. The standard InChI is InChI=1S/C8H11N3O2/c1-5(2)6-3-10-4-7(8(6)9)11(12)13/h3-5H,1-2H3,(H2,9,10). The van der Waals surface area contributed by atoms with Gasteiger partial charge in [-0.05, 0) is 5.92 Å². The molecule has 0 spiro atoms. The summed E-state index contributed by atoms with van der Waals surface area (Å²) < 4.78 is 0. The maximum Gasteiger partial charge on any atom is 0.310 e. The van der Waals surface area contributed by atoms with E-state index in [1.807, 2.05) is 13.8 Å². The van der Waals surface area contributed by atoms with Crippen molar-refractivity contribution in [3.8, 4) is 0 Å². The molecule has 1 rings (SSSR count). The summed E-state index contributed by atoms with van der Waals surface area (Å²) in [6.07, 6.45) is 2.73. The lowest BCUT2D eigenvalue weighted by molar-refractivity contribution is -0.384. The van der Waals surface area contributed by atoms with E-state index in [4.69, 9.17) is 5.73 Å². The number of aromatic nitrogens is 1. The first kappa shape index (κ1) is 9.44. The van der Waals surface area contributed by atoms with E-state index in [-0.39, 0.29) is 17.3 Å². The van der Waals surface area contributed by atoms with E-state index in [9.17, 15) is 10.1 Å². The fourth-order valence-electron chi connectivity index (χ4n) is 1.08. The fraction of sp³-hybridized carbons (Fsp3) is 0.375. The molecule has 0 fully saturated rings. The zero-order chi connectivity index (χ0) is 10.0. The molecule has 0 atom stereocenters. The Balaban J connectivity index is 3.26. The molecule has 0 saturated heterocycles. The highest BCUT2D eigenvalue weighted by Gasteiger charge is 2.16. The molecule has 2 N–H and O–H groups in total. The summed E-state index contributed by atoms with van der Waals surface area (Å²) in [4.78, 5) is 13.7. The SMILES string of the molecule is CC(C)c1cncc([N+](=O)[O-])c1N. The smallest absolute Gasteiger partial charge is 0.310 e. The summed E-state index contributed by atoms with van der Waals surface area (Å²) in [5.74, 6) is 0.146. The van der Waals surface area contributed by atoms with Gasteiger partial charge in [-0.3, -0.25) is 15.1 Å². The normalized spacial score (nSPS) is 10.4. The molecule has 5 heteroatoms. The average Bonchev–Trinajstić information content (AvgIpc) is 2.03. The van der Waals surface area contributed by atoms with Crippen LogP contribution in [0.15, 0.2) is 12.4 Å². The van der Waals surface area contributed by atoms with Crippen molar-refractivity contribution < 1.29 is 4.92 Å². The highest BCUT2D eigenvalue weighted by atomic mass is 16.6. The van der Waals surface area contributed by atoms with E-state index in [0.29, 0.717) is 5.56 Å². The van der Waals surface area contributed by atoms with Crippen LogP contribution in [0.2, 0.25) is 0 Å². The lowest BCUT2D eigenvalue weighted by Crippen LogP contribution is -2.02. The van der Waals surface area contributed by atoms with Gasteiger partial charge in [-0.25, -0.2) is 0 Å². The van der Waals surface area contributed by atoms with E-state index in [1.165, 1.54) is 6.20 Å². The molecular weight excluding hydrogens is 170 g/mol. The van der Waals surface area contributed by atoms with Crippen molar-refractivity contribution in [3.63, 3.8) is 0 Å². The predicted octanol–water partition coefficient (Wildman–Crippen LogP) is 1.70. The number of hydrogen-bond acceptors (Lipinski definition) is 4. The molecule has 70 valence electrons. The molecule has 0 aromatic carbocycles. The fourth-order valence-corrected chi connectivity index (χ4v) is 1.08. The second-order valence-electron chi connectivity index (χ2n) is 3.07. The summed E-state index contributed by atoms with van der Waals surface area (Å²) in [7, 11) is 0. The topological polar surface area (TPSA) is 82.0 Å². The third-order valence-corrected chi connectivity index (χ3v) is 1.82. The van der Waals surface area contributed by atoms with E-state index >= 15 is 0 Å². The van der Waals surface area contributed by atoms with Crippen LogP contribution in [-0.2, 0) is 0 Å².